The summed E-state index contributed by atoms with van der Waals surface area (Å²) in [7, 11) is 0. The first kappa shape index (κ1) is 15.0. The van der Waals surface area contributed by atoms with Gasteiger partial charge in [-0.3, -0.25) is 4.79 Å². The van der Waals surface area contributed by atoms with E-state index in [2.05, 4.69) is 15.6 Å². The number of nitrogens with one attached hydrogen (secondary N) is 2. The average molecular weight is 285 g/mol. The normalized spacial score (nSPS) is 10.1. The van der Waals surface area contributed by atoms with Crippen molar-refractivity contribution in [3.63, 3.8) is 0 Å². The van der Waals surface area contributed by atoms with Crippen molar-refractivity contribution in [2.45, 2.75) is 12.8 Å². The number of amides is 1. The fourth-order valence-electron chi connectivity index (χ4n) is 1.85. The van der Waals surface area contributed by atoms with Gasteiger partial charge in [-0.25, -0.2) is 4.98 Å². The number of rotatable bonds is 7. The number of benzene rings is 1. The van der Waals surface area contributed by atoms with Crippen LogP contribution in [0.1, 0.15) is 12.0 Å². The van der Waals surface area contributed by atoms with Crippen molar-refractivity contribution < 1.29 is 9.90 Å². The zero-order valence-electron chi connectivity index (χ0n) is 11.7. The van der Waals surface area contributed by atoms with Crippen LogP contribution in [0.15, 0.2) is 48.7 Å². The molecule has 0 radical (unpaired) electrons. The largest absolute Gasteiger partial charge is 0.396 e. The van der Waals surface area contributed by atoms with Crippen LogP contribution in [0, 0.1) is 0 Å². The topological polar surface area (TPSA) is 74.2 Å². The summed E-state index contributed by atoms with van der Waals surface area (Å²) >= 11 is 0. The minimum absolute atomic E-state index is 0.0658. The third-order valence-corrected chi connectivity index (χ3v) is 2.90. The van der Waals surface area contributed by atoms with E-state index in [1.165, 1.54) is 0 Å². The van der Waals surface area contributed by atoms with E-state index in [1.807, 2.05) is 30.3 Å². The summed E-state index contributed by atoms with van der Waals surface area (Å²) in [5.74, 6) is 0.661. The summed E-state index contributed by atoms with van der Waals surface area (Å²) in [4.78, 5) is 16.1. The SMILES string of the molecule is O=C(Cc1ccccc1)Nc1ccc(NCCCO)nc1. The Balaban J connectivity index is 1.83. The summed E-state index contributed by atoms with van der Waals surface area (Å²) in [6.45, 7) is 0.823. The fourth-order valence-corrected chi connectivity index (χ4v) is 1.85. The summed E-state index contributed by atoms with van der Waals surface area (Å²) in [6.07, 6.45) is 2.64. The molecule has 0 fully saturated rings. The number of pyridine rings is 1. The van der Waals surface area contributed by atoms with Gasteiger partial charge in [0.15, 0.2) is 0 Å². The second-order valence-corrected chi connectivity index (χ2v) is 4.65. The monoisotopic (exact) mass is 285 g/mol. The Hall–Kier alpha value is -2.40. The van der Waals surface area contributed by atoms with Gasteiger partial charge in [0.25, 0.3) is 0 Å². The molecule has 0 aliphatic rings. The van der Waals surface area contributed by atoms with E-state index in [1.54, 1.807) is 18.3 Å². The Bertz CT molecular complexity index is 555. The van der Waals surface area contributed by atoms with Crippen LogP contribution in [-0.4, -0.2) is 29.1 Å². The molecule has 0 unspecified atom stereocenters. The first-order chi connectivity index (χ1) is 10.3. The lowest BCUT2D eigenvalue weighted by Gasteiger charge is -2.07. The quantitative estimate of drug-likeness (QED) is 0.681. The van der Waals surface area contributed by atoms with E-state index >= 15 is 0 Å². The highest BCUT2D eigenvalue weighted by molar-refractivity contribution is 5.92. The standard InChI is InChI=1S/C16H19N3O2/c20-10-4-9-17-15-8-7-14(12-18-15)19-16(21)11-13-5-2-1-3-6-13/h1-3,5-8,12,20H,4,9-11H2,(H,17,18)(H,19,21). The highest BCUT2D eigenvalue weighted by atomic mass is 16.3. The Morgan fingerprint density at radius 2 is 1.95 bits per heavy atom. The average Bonchev–Trinajstić information content (AvgIpc) is 2.50. The maximum absolute atomic E-state index is 11.9. The van der Waals surface area contributed by atoms with Crippen LogP contribution in [0.4, 0.5) is 11.5 Å². The summed E-state index contributed by atoms with van der Waals surface area (Å²) in [6, 6.07) is 13.2. The molecule has 0 aliphatic carbocycles. The van der Waals surface area contributed by atoms with Gasteiger partial charge in [-0.1, -0.05) is 30.3 Å². The van der Waals surface area contributed by atoms with E-state index in [0.29, 0.717) is 25.1 Å². The van der Waals surface area contributed by atoms with Gasteiger partial charge >= 0.3 is 0 Å². The van der Waals surface area contributed by atoms with Crippen molar-refractivity contribution in [2.75, 3.05) is 23.8 Å². The van der Waals surface area contributed by atoms with Gasteiger partial charge in [-0.2, -0.15) is 0 Å². The van der Waals surface area contributed by atoms with Gasteiger partial charge < -0.3 is 15.7 Å². The smallest absolute Gasteiger partial charge is 0.228 e. The Labute approximate surface area is 124 Å². The predicted octanol–water partition coefficient (Wildman–Crippen LogP) is 2.06. The molecule has 2 aromatic rings. The predicted molar refractivity (Wildman–Crippen MR) is 83.2 cm³/mol. The Kier molecular flexibility index (Phi) is 5.72. The molecule has 1 aromatic carbocycles. The van der Waals surface area contributed by atoms with Crippen molar-refractivity contribution in [2.24, 2.45) is 0 Å². The van der Waals surface area contributed by atoms with Crippen LogP contribution in [0.2, 0.25) is 0 Å². The van der Waals surface area contributed by atoms with Crippen molar-refractivity contribution >= 4 is 17.4 Å². The lowest BCUT2D eigenvalue weighted by Crippen LogP contribution is -2.14. The van der Waals surface area contributed by atoms with Crippen molar-refractivity contribution in [1.29, 1.82) is 0 Å². The second kappa shape index (κ2) is 8.01. The van der Waals surface area contributed by atoms with Crippen LogP contribution < -0.4 is 10.6 Å². The van der Waals surface area contributed by atoms with E-state index in [-0.39, 0.29) is 12.5 Å². The molecule has 2 rings (SSSR count). The molecule has 5 heteroatoms. The number of hydrogen-bond acceptors (Lipinski definition) is 4. The van der Waals surface area contributed by atoms with Gasteiger partial charge in [0.1, 0.15) is 5.82 Å². The molecule has 0 bridgehead atoms. The van der Waals surface area contributed by atoms with Crippen LogP contribution >= 0.6 is 0 Å². The number of aliphatic hydroxyl groups is 1. The molecule has 0 atom stereocenters. The number of hydrogen-bond donors (Lipinski definition) is 3. The molecular weight excluding hydrogens is 266 g/mol. The maximum atomic E-state index is 11.9. The van der Waals surface area contributed by atoms with Gasteiger partial charge in [0.2, 0.25) is 5.91 Å². The summed E-state index contributed by atoms with van der Waals surface area (Å²) in [5.41, 5.74) is 1.65. The van der Waals surface area contributed by atoms with Crippen LogP contribution in [-0.2, 0) is 11.2 Å². The highest BCUT2D eigenvalue weighted by Crippen LogP contribution is 2.10. The zero-order valence-corrected chi connectivity index (χ0v) is 11.7. The van der Waals surface area contributed by atoms with Crippen molar-refractivity contribution in [1.82, 2.24) is 4.98 Å². The van der Waals surface area contributed by atoms with Crippen LogP contribution in [0.5, 0.6) is 0 Å². The lowest BCUT2D eigenvalue weighted by atomic mass is 10.1. The molecule has 1 aromatic heterocycles. The molecule has 3 N–H and O–H groups in total. The summed E-state index contributed by atoms with van der Waals surface area (Å²) in [5, 5.41) is 14.6. The molecule has 21 heavy (non-hydrogen) atoms. The maximum Gasteiger partial charge on any atom is 0.228 e. The first-order valence-electron chi connectivity index (χ1n) is 6.92. The number of aliphatic hydroxyl groups excluding tert-OH is 1. The first-order valence-corrected chi connectivity index (χ1v) is 6.92. The molecule has 0 spiro atoms. The van der Waals surface area contributed by atoms with Crippen molar-refractivity contribution in [3.05, 3.63) is 54.2 Å². The van der Waals surface area contributed by atoms with Gasteiger partial charge in [0.05, 0.1) is 18.3 Å². The zero-order chi connectivity index (χ0) is 14.9. The van der Waals surface area contributed by atoms with E-state index in [9.17, 15) is 4.79 Å². The summed E-state index contributed by atoms with van der Waals surface area (Å²) < 4.78 is 0. The van der Waals surface area contributed by atoms with Crippen LogP contribution in [0.25, 0.3) is 0 Å². The van der Waals surface area contributed by atoms with Gasteiger partial charge in [-0.05, 0) is 24.1 Å². The highest BCUT2D eigenvalue weighted by Gasteiger charge is 2.04. The molecular formula is C16H19N3O2. The second-order valence-electron chi connectivity index (χ2n) is 4.65. The number of anilines is 2. The molecule has 0 saturated heterocycles. The van der Waals surface area contributed by atoms with Gasteiger partial charge in [-0.15, -0.1) is 0 Å². The number of carbonyl (C=O) groups is 1. The van der Waals surface area contributed by atoms with E-state index in [0.717, 1.165) is 11.4 Å². The fraction of sp³-hybridized carbons (Fsp3) is 0.250. The lowest BCUT2D eigenvalue weighted by molar-refractivity contribution is -0.115. The number of nitrogens with zero attached hydrogens (tertiary/aromatic N) is 1. The molecule has 5 nitrogen and oxygen atoms in total. The van der Waals surface area contributed by atoms with Gasteiger partial charge in [0, 0.05) is 13.2 Å². The third-order valence-electron chi connectivity index (χ3n) is 2.90. The third kappa shape index (κ3) is 5.24. The number of carbonyl (C=O) groups excluding carboxylic acids is 1. The molecule has 1 amide bonds. The minimum atomic E-state index is -0.0658. The van der Waals surface area contributed by atoms with E-state index in [4.69, 9.17) is 5.11 Å². The molecule has 0 aliphatic heterocycles. The van der Waals surface area contributed by atoms with Crippen molar-refractivity contribution in [3.8, 4) is 0 Å². The molecule has 1 heterocycles. The molecule has 0 saturated carbocycles. The Morgan fingerprint density at radius 1 is 1.14 bits per heavy atom. The van der Waals surface area contributed by atoms with Crippen LogP contribution in [0.3, 0.4) is 0 Å². The Morgan fingerprint density at radius 3 is 2.62 bits per heavy atom. The number of aromatic nitrogens is 1. The molecule has 110 valence electrons. The van der Waals surface area contributed by atoms with E-state index < -0.39 is 0 Å². The minimum Gasteiger partial charge on any atom is -0.396 e.